The Morgan fingerprint density at radius 2 is 0.470 bits per heavy atom. The van der Waals surface area contributed by atoms with E-state index in [2.05, 4.69) is 167 Å². The van der Waals surface area contributed by atoms with Gasteiger partial charge in [-0.05, 0) is 135 Å². The van der Waals surface area contributed by atoms with Crippen LogP contribution in [0.1, 0.15) is 303 Å². The van der Waals surface area contributed by atoms with Gasteiger partial charge in [-0.15, -0.1) is 0 Å². The summed E-state index contributed by atoms with van der Waals surface area (Å²) in [5.74, 6) is -0.909. The number of allylic oxidation sites excluding steroid dienone is 24. The van der Waals surface area contributed by atoms with Crippen LogP contribution in [-0.4, -0.2) is 37.2 Å². The van der Waals surface area contributed by atoms with Crippen molar-refractivity contribution >= 4 is 17.9 Å². The van der Waals surface area contributed by atoms with Crippen LogP contribution in [0.2, 0.25) is 0 Å². The van der Waals surface area contributed by atoms with Gasteiger partial charge in [-0.3, -0.25) is 14.4 Å². The van der Waals surface area contributed by atoms with Crippen molar-refractivity contribution in [2.75, 3.05) is 13.2 Å². The lowest BCUT2D eigenvalue weighted by Gasteiger charge is -2.18. The van der Waals surface area contributed by atoms with Crippen LogP contribution in [0.15, 0.2) is 146 Å². The molecule has 470 valence electrons. The first kappa shape index (κ1) is 78.3. The van der Waals surface area contributed by atoms with Gasteiger partial charge in [0.25, 0.3) is 0 Å². The molecule has 0 spiro atoms. The molecule has 0 N–H and O–H groups in total. The van der Waals surface area contributed by atoms with Crippen molar-refractivity contribution in [1.29, 1.82) is 0 Å². The highest BCUT2D eigenvalue weighted by molar-refractivity contribution is 5.71. The Hall–Kier alpha value is -4.71. The molecule has 1 unspecified atom stereocenters. The predicted molar refractivity (Wildman–Crippen MR) is 362 cm³/mol. The molecule has 0 aromatic heterocycles. The highest BCUT2D eigenvalue weighted by Gasteiger charge is 2.19. The molecule has 0 bridgehead atoms. The third-order valence-electron chi connectivity index (χ3n) is 14.3. The lowest BCUT2D eigenvalue weighted by Crippen LogP contribution is -2.30. The molecular formula is C77H126O6. The van der Waals surface area contributed by atoms with Crippen LogP contribution in [0.25, 0.3) is 0 Å². The van der Waals surface area contributed by atoms with Crippen LogP contribution in [0, 0.1) is 0 Å². The van der Waals surface area contributed by atoms with Crippen molar-refractivity contribution in [3.8, 4) is 0 Å². The molecule has 0 saturated carbocycles. The molecule has 0 aliphatic heterocycles. The fourth-order valence-electron chi connectivity index (χ4n) is 9.24. The van der Waals surface area contributed by atoms with E-state index in [9.17, 15) is 14.4 Å². The van der Waals surface area contributed by atoms with Crippen LogP contribution < -0.4 is 0 Å². The first-order valence-corrected chi connectivity index (χ1v) is 34.3. The van der Waals surface area contributed by atoms with Gasteiger partial charge in [0.15, 0.2) is 6.10 Å². The molecular weight excluding hydrogens is 1020 g/mol. The molecule has 0 aromatic carbocycles. The summed E-state index contributed by atoms with van der Waals surface area (Å²) in [6.45, 7) is 6.34. The Morgan fingerprint density at radius 3 is 0.735 bits per heavy atom. The van der Waals surface area contributed by atoms with Gasteiger partial charge in [-0.2, -0.15) is 0 Å². The second kappa shape index (κ2) is 69.8. The third kappa shape index (κ3) is 68.0. The molecule has 0 aliphatic carbocycles. The van der Waals surface area contributed by atoms with Crippen LogP contribution in [0.3, 0.4) is 0 Å². The molecule has 0 aromatic rings. The molecule has 1 atom stereocenters. The second-order valence-corrected chi connectivity index (χ2v) is 22.3. The summed E-state index contributed by atoms with van der Waals surface area (Å²) in [6, 6.07) is 0. The Balaban J connectivity index is 4.34. The van der Waals surface area contributed by atoms with Gasteiger partial charge in [-0.25, -0.2) is 0 Å². The number of hydrogen-bond donors (Lipinski definition) is 0. The standard InChI is InChI=1S/C77H126O6/c1-4-7-10-13-16-19-22-25-27-29-31-33-35-37-38-40-41-43-45-47-49-52-55-58-61-64-67-70-76(79)82-73-74(72-81-75(78)69-66-63-60-57-54-51-24-21-18-15-12-9-6-3)83-77(80)71-68-65-62-59-56-53-50-48-46-44-42-39-36-34-32-30-28-26-23-20-17-14-11-8-5-2/h7-8,10-12,15-17,19-21,24-28,31-34,37-39,42,74H,4-6,9,13-14,18,22-23,29-30,35-36,40-41,43-73H2,1-3H3/b10-7-,11-8-,15-12-,19-16-,20-17-,24-21-,27-25-,28-26-,33-31-,34-32-,38-37-,42-39-. The monoisotopic (exact) mass is 1150 g/mol. The average Bonchev–Trinajstić information content (AvgIpc) is 3.49. The number of carbonyl (C=O) groups excluding carboxylic acids is 3. The topological polar surface area (TPSA) is 78.9 Å². The van der Waals surface area contributed by atoms with E-state index in [0.717, 1.165) is 161 Å². The van der Waals surface area contributed by atoms with Gasteiger partial charge in [-0.1, -0.05) is 295 Å². The summed E-state index contributed by atoms with van der Waals surface area (Å²) in [7, 11) is 0. The third-order valence-corrected chi connectivity index (χ3v) is 14.3. The first-order chi connectivity index (χ1) is 41.0. The van der Waals surface area contributed by atoms with E-state index >= 15 is 0 Å². The van der Waals surface area contributed by atoms with E-state index in [-0.39, 0.29) is 31.1 Å². The lowest BCUT2D eigenvalue weighted by molar-refractivity contribution is -0.167. The van der Waals surface area contributed by atoms with Crippen LogP contribution >= 0.6 is 0 Å². The van der Waals surface area contributed by atoms with Crippen molar-refractivity contribution in [3.05, 3.63) is 146 Å². The van der Waals surface area contributed by atoms with Crippen LogP contribution in [0.5, 0.6) is 0 Å². The Bertz CT molecular complexity index is 1800. The molecule has 0 fully saturated rings. The molecule has 6 nitrogen and oxygen atoms in total. The van der Waals surface area contributed by atoms with E-state index in [1.807, 2.05) is 0 Å². The number of esters is 3. The Labute approximate surface area is 512 Å². The maximum atomic E-state index is 13.0. The van der Waals surface area contributed by atoms with Gasteiger partial charge in [0.2, 0.25) is 0 Å². The highest BCUT2D eigenvalue weighted by atomic mass is 16.6. The zero-order valence-corrected chi connectivity index (χ0v) is 53.9. The number of rotatable bonds is 61. The van der Waals surface area contributed by atoms with E-state index in [0.29, 0.717) is 19.3 Å². The fourth-order valence-corrected chi connectivity index (χ4v) is 9.24. The zero-order chi connectivity index (χ0) is 59.9. The fraction of sp³-hybridized carbons (Fsp3) is 0.649. The largest absolute Gasteiger partial charge is 0.462 e. The molecule has 0 amide bonds. The van der Waals surface area contributed by atoms with E-state index in [4.69, 9.17) is 14.2 Å². The van der Waals surface area contributed by atoms with Gasteiger partial charge < -0.3 is 14.2 Å². The molecule has 0 heterocycles. The Kier molecular flexibility index (Phi) is 65.8. The maximum absolute atomic E-state index is 13.0. The van der Waals surface area contributed by atoms with E-state index in [1.54, 1.807) is 0 Å². The van der Waals surface area contributed by atoms with Crippen molar-refractivity contribution in [3.63, 3.8) is 0 Å². The van der Waals surface area contributed by atoms with E-state index in [1.165, 1.54) is 103 Å². The van der Waals surface area contributed by atoms with Gasteiger partial charge >= 0.3 is 17.9 Å². The summed E-state index contributed by atoms with van der Waals surface area (Å²) < 4.78 is 17.0. The number of unbranched alkanes of at least 4 members (excludes halogenated alkanes) is 26. The molecule has 6 heteroatoms. The van der Waals surface area contributed by atoms with E-state index < -0.39 is 6.10 Å². The van der Waals surface area contributed by atoms with Crippen molar-refractivity contribution in [2.45, 2.75) is 309 Å². The molecule has 0 aliphatic rings. The zero-order valence-electron chi connectivity index (χ0n) is 53.9. The number of carbonyl (C=O) groups is 3. The van der Waals surface area contributed by atoms with Crippen molar-refractivity contribution < 1.29 is 28.6 Å². The van der Waals surface area contributed by atoms with Gasteiger partial charge in [0.05, 0.1) is 0 Å². The minimum absolute atomic E-state index is 0.0903. The summed E-state index contributed by atoms with van der Waals surface area (Å²) in [5, 5.41) is 0. The Morgan fingerprint density at radius 1 is 0.253 bits per heavy atom. The summed E-state index contributed by atoms with van der Waals surface area (Å²) in [5.41, 5.74) is 0. The first-order valence-electron chi connectivity index (χ1n) is 34.3. The average molecular weight is 1150 g/mol. The lowest BCUT2D eigenvalue weighted by atomic mass is 10.0. The number of hydrogen-bond acceptors (Lipinski definition) is 6. The smallest absolute Gasteiger partial charge is 0.306 e. The minimum atomic E-state index is -0.796. The van der Waals surface area contributed by atoms with Gasteiger partial charge in [0.1, 0.15) is 13.2 Å². The SMILES string of the molecule is CC/C=C\C/C=C\C/C=C\C/C=C\C/C=C\CCCCCCCCCCCCCC(=O)OCC(COC(=O)CCCCCCC/C=C\C/C=C\CCC)OC(=O)CCCCCCCCCCC/C=C\C/C=C\C/C=C\C/C=C\C/C=C\CC. The second-order valence-electron chi connectivity index (χ2n) is 22.3. The van der Waals surface area contributed by atoms with Crippen LogP contribution in [-0.2, 0) is 28.6 Å². The minimum Gasteiger partial charge on any atom is -0.462 e. The van der Waals surface area contributed by atoms with Gasteiger partial charge in [0, 0.05) is 19.3 Å². The predicted octanol–water partition coefficient (Wildman–Crippen LogP) is 23.9. The summed E-state index contributed by atoms with van der Waals surface area (Å²) >= 11 is 0. The molecule has 0 saturated heterocycles. The molecule has 0 radical (unpaired) electrons. The number of ether oxygens (including phenoxy) is 3. The van der Waals surface area contributed by atoms with Crippen molar-refractivity contribution in [1.82, 2.24) is 0 Å². The normalized spacial score (nSPS) is 13.0. The summed E-state index contributed by atoms with van der Waals surface area (Å²) in [6.07, 6.45) is 100. The molecule has 83 heavy (non-hydrogen) atoms. The highest BCUT2D eigenvalue weighted by Crippen LogP contribution is 2.16. The molecule has 0 rings (SSSR count). The maximum Gasteiger partial charge on any atom is 0.306 e. The summed E-state index contributed by atoms with van der Waals surface area (Å²) in [4.78, 5) is 38.4. The van der Waals surface area contributed by atoms with Crippen molar-refractivity contribution in [2.24, 2.45) is 0 Å². The quantitative estimate of drug-likeness (QED) is 0.0261. The van der Waals surface area contributed by atoms with Crippen LogP contribution in [0.4, 0.5) is 0 Å².